The Balaban J connectivity index is 3.26. The summed E-state index contributed by atoms with van der Waals surface area (Å²) in [6.45, 7) is 5.32. The molecule has 0 aliphatic heterocycles. The molecule has 0 spiro atoms. The van der Waals surface area contributed by atoms with Crippen LogP contribution in [0.15, 0.2) is 0 Å². The van der Waals surface area contributed by atoms with Gasteiger partial charge in [0.15, 0.2) is 0 Å². The highest BCUT2D eigenvalue weighted by Crippen LogP contribution is 1.97. The van der Waals surface area contributed by atoms with E-state index in [0.717, 1.165) is 6.42 Å². The molecule has 0 aliphatic carbocycles. The summed E-state index contributed by atoms with van der Waals surface area (Å²) in [6.07, 6.45) is 1.20. The first kappa shape index (κ1) is 13.4. The maximum absolute atomic E-state index is 11.0. The van der Waals surface area contributed by atoms with Crippen LogP contribution in [0.4, 0.5) is 0 Å². The predicted octanol–water partition coefficient (Wildman–Crippen LogP) is 1.38. The first-order valence-corrected chi connectivity index (χ1v) is 4.96. The Hall–Kier alpha value is -0.610. The van der Waals surface area contributed by atoms with Gasteiger partial charge in [-0.15, -0.1) is 0 Å². The van der Waals surface area contributed by atoms with Crippen LogP contribution >= 0.6 is 0 Å². The SMILES string of the molecule is CCOCCC(=O)OCC[C@@H](C)OC. The number of carbonyl (C=O) groups excluding carboxylic acids is 1. The van der Waals surface area contributed by atoms with Crippen LogP contribution in [0.2, 0.25) is 0 Å². The summed E-state index contributed by atoms with van der Waals surface area (Å²) < 4.78 is 15.0. The molecule has 0 heterocycles. The van der Waals surface area contributed by atoms with Gasteiger partial charge in [-0.3, -0.25) is 4.79 Å². The van der Waals surface area contributed by atoms with E-state index in [4.69, 9.17) is 14.2 Å². The molecule has 0 amide bonds. The van der Waals surface area contributed by atoms with Crippen LogP contribution in [-0.2, 0) is 19.0 Å². The summed E-state index contributed by atoms with van der Waals surface area (Å²) in [7, 11) is 1.64. The molecule has 4 nitrogen and oxygen atoms in total. The van der Waals surface area contributed by atoms with Gasteiger partial charge in [-0.05, 0) is 13.8 Å². The summed E-state index contributed by atoms with van der Waals surface area (Å²) in [5, 5.41) is 0. The summed E-state index contributed by atoms with van der Waals surface area (Å²) >= 11 is 0. The van der Waals surface area contributed by atoms with E-state index in [2.05, 4.69) is 0 Å². The Labute approximate surface area is 85.5 Å². The Kier molecular flexibility index (Phi) is 8.57. The quantitative estimate of drug-likeness (QED) is 0.442. The monoisotopic (exact) mass is 204 g/mol. The number of ether oxygens (including phenoxy) is 3. The van der Waals surface area contributed by atoms with Gasteiger partial charge in [0.25, 0.3) is 0 Å². The van der Waals surface area contributed by atoms with Gasteiger partial charge in [-0.2, -0.15) is 0 Å². The number of hydrogen-bond acceptors (Lipinski definition) is 4. The maximum Gasteiger partial charge on any atom is 0.308 e. The highest BCUT2D eigenvalue weighted by atomic mass is 16.5. The third-order valence-corrected chi connectivity index (χ3v) is 1.84. The van der Waals surface area contributed by atoms with E-state index in [1.54, 1.807) is 7.11 Å². The summed E-state index contributed by atoms with van der Waals surface area (Å²) in [4.78, 5) is 11.0. The second-order valence-electron chi connectivity index (χ2n) is 3.00. The number of carbonyl (C=O) groups is 1. The third kappa shape index (κ3) is 8.01. The molecule has 0 saturated carbocycles. The Bertz CT molecular complexity index is 147. The fraction of sp³-hybridized carbons (Fsp3) is 0.900. The highest BCUT2D eigenvalue weighted by Gasteiger charge is 2.04. The van der Waals surface area contributed by atoms with Crippen LogP contribution in [0.1, 0.15) is 26.7 Å². The van der Waals surface area contributed by atoms with Crippen molar-refractivity contribution in [2.45, 2.75) is 32.8 Å². The Morgan fingerprint density at radius 2 is 2.07 bits per heavy atom. The zero-order chi connectivity index (χ0) is 10.8. The average Bonchev–Trinajstić information content (AvgIpc) is 2.18. The first-order valence-electron chi connectivity index (χ1n) is 4.96. The molecular weight excluding hydrogens is 184 g/mol. The lowest BCUT2D eigenvalue weighted by molar-refractivity contribution is -0.145. The van der Waals surface area contributed by atoms with Crippen molar-refractivity contribution in [3.63, 3.8) is 0 Å². The largest absolute Gasteiger partial charge is 0.466 e. The number of rotatable bonds is 8. The molecule has 1 atom stereocenters. The fourth-order valence-corrected chi connectivity index (χ4v) is 0.829. The fourth-order valence-electron chi connectivity index (χ4n) is 0.829. The molecule has 84 valence electrons. The molecule has 0 aromatic carbocycles. The summed E-state index contributed by atoms with van der Waals surface area (Å²) in [5.74, 6) is -0.207. The molecule has 4 heteroatoms. The van der Waals surface area contributed by atoms with E-state index in [1.165, 1.54) is 0 Å². The minimum atomic E-state index is -0.207. The van der Waals surface area contributed by atoms with Gasteiger partial charge in [0.1, 0.15) is 0 Å². The average molecular weight is 204 g/mol. The third-order valence-electron chi connectivity index (χ3n) is 1.84. The van der Waals surface area contributed by atoms with Crippen molar-refractivity contribution in [3.05, 3.63) is 0 Å². The van der Waals surface area contributed by atoms with Gasteiger partial charge in [0.2, 0.25) is 0 Å². The summed E-state index contributed by atoms with van der Waals surface area (Å²) in [5.41, 5.74) is 0. The smallest absolute Gasteiger partial charge is 0.308 e. The topological polar surface area (TPSA) is 44.8 Å². The Morgan fingerprint density at radius 1 is 1.36 bits per heavy atom. The number of methoxy groups -OCH3 is 1. The molecule has 0 saturated heterocycles. The molecule has 0 radical (unpaired) electrons. The van der Waals surface area contributed by atoms with Crippen LogP contribution in [-0.4, -0.2) is 39.0 Å². The minimum Gasteiger partial charge on any atom is -0.466 e. The van der Waals surface area contributed by atoms with E-state index < -0.39 is 0 Å². The second kappa shape index (κ2) is 8.97. The van der Waals surface area contributed by atoms with Gasteiger partial charge in [0, 0.05) is 20.1 Å². The maximum atomic E-state index is 11.0. The van der Waals surface area contributed by atoms with Gasteiger partial charge in [0.05, 0.1) is 25.7 Å². The van der Waals surface area contributed by atoms with Crippen molar-refractivity contribution in [3.8, 4) is 0 Å². The predicted molar refractivity (Wildman–Crippen MR) is 53.2 cm³/mol. The first-order chi connectivity index (χ1) is 6.70. The van der Waals surface area contributed by atoms with Crippen molar-refractivity contribution in [2.24, 2.45) is 0 Å². The van der Waals surface area contributed by atoms with Crippen molar-refractivity contribution in [1.82, 2.24) is 0 Å². The second-order valence-corrected chi connectivity index (χ2v) is 3.00. The van der Waals surface area contributed by atoms with Crippen molar-refractivity contribution in [1.29, 1.82) is 0 Å². The van der Waals surface area contributed by atoms with E-state index in [9.17, 15) is 4.79 Å². The molecule has 0 N–H and O–H groups in total. The van der Waals surface area contributed by atoms with Crippen LogP contribution in [0.5, 0.6) is 0 Å². The van der Waals surface area contributed by atoms with Crippen molar-refractivity contribution >= 4 is 5.97 Å². The molecule has 0 unspecified atom stereocenters. The number of hydrogen-bond donors (Lipinski definition) is 0. The van der Waals surface area contributed by atoms with E-state index >= 15 is 0 Å². The van der Waals surface area contributed by atoms with Gasteiger partial charge in [-0.25, -0.2) is 0 Å². The molecule has 0 aromatic rings. The van der Waals surface area contributed by atoms with Crippen molar-refractivity contribution < 1.29 is 19.0 Å². The van der Waals surface area contributed by atoms with Gasteiger partial charge < -0.3 is 14.2 Å². The summed E-state index contributed by atoms with van der Waals surface area (Å²) in [6, 6.07) is 0. The van der Waals surface area contributed by atoms with Crippen LogP contribution < -0.4 is 0 Å². The standard InChI is InChI=1S/C10H20O4/c1-4-13-7-6-10(11)14-8-5-9(2)12-3/h9H,4-8H2,1-3H3/t9-/m1/s1. The Morgan fingerprint density at radius 3 is 2.64 bits per heavy atom. The lowest BCUT2D eigenvalue weighted by Crippen LogP contribution is -2.13. The van der Waals surface area contributed by atoms with Crippen LogP contribution in [0.25, 0.3) is 0 Å². The zero-order valence-corrected chi connectivity index (χ0v) is 9.25. The van der Waals surface area contributed by atoms with Gasteiger partial charge in [-0.1, -0.05) is 0 Å². The number of esters is 1. The molecule has 0 bridgehead atoms. The lowest BCUT2D eigenvalue weighted by atomic mass is 10.3. The molecular formula is C10H20O4. The normalized spacial score (nSPS) is 12.5. The van der Waals surface area contributed by atoms with E-state index in [1.807, 2.05) is 13.8 Å². The van der Waals surface area contributed by atoms with Gasteiger partial charge >= 0.3 is 5.97 Å². The highest BCUT2D eigenvalue weighted by molar-refractivity contribution is 5.69. The van der Waals surface area contributed by atoms with E-state index in [0.29, 0.717) is 26.2 Å². The van der Waals surface area contributed by atoms with Crippen molar-refractivity contribution in [2.75, 3.05) is 26.9 Å². The molecule has 0 fully saturated rings. The minimum absolute atomic E-state index is 0.134. The van der Waals surface area contributed by atoms with E-state index in [-0.39, 0.29) is 12.1 Å². The molecule has 14 heavy (non-hydrogen) atoms. The van der Waals surface area contributed by atoms with Crippen LogP contribution in [0.3, 0.4) is 0 Å². The molecule has 0 aromatic heterocycles. The molecule has 0 rings (SSSR count). The lowest BCUT2D eigenvalue weighted by Gasteiger charge is -2.09. The van der Waals surface area contributed by atoms with Crippen LogP contribution in [0, 0.1) is 0 Å². The zero-order valence-electron chi connectivity index (χ0n) is 9.25. The molecule has 0 aliphatic rings.